The average molecular weight is 901 g/mol. The molecule has 0 aliphatic carbocycles. The average Bonchev–Trinajstić information content (AvgIpc) is 3.85. The Morgan fingerprint density at radius 2 is 1.30 bits per heavy atom. The molecule has 6 aromatic rings. The predicted molar refractivity (Wildman–Crippen MR) is 257 cm³/mol. The topological polar surface area (TPSA) is 151 Å². The number of ether oxygens (including phenoxy) is 2. The van der Waals surface area contributed by atoms with Crippen LogP contribution in [0.1, 0.15) is 61.6 Å². The van der Waals surface area contributed by atoms with Gasteiger partial charge in [-0.15, -0.1) is 5.16 Å². The fourth-order valence-electron chi connectivity index (χ4n) is 8.97. The molecule has 2 N–H and O–H groups in total. The molecular formula is C49H60N6O7Si2. The van der Waals surface area contributed by atoms with Crippen LogP contribution < -0.4 is 31.6 Å². The summed E-state index contributed by atoms with van der Waals surface area (Å²) < 4.78 is 31.5. The van der Waals surface area contributed by atoms with Gasteiger partial charge in [0.05, 0.1) is 19.5 Å². The molecule has 0 radical (unpaired) electrons. The number of aromatic nitrogens is 4. The van der Waals surface area contributed by atoms with Crippen LogP contribution in [0.2, 0.25) is 10.1 Å². The van der Waals surface area contributed by atoms with E-state index in [1.807, 2.05) is 24.3 Å². The normalized spacial score (nSPS) is 18.3. The van der Waals surface area contributed by atoms with Gasteiger partial charge in [-0.1, -0.05) is 177 Å². The van der Waals surface area contributed by atoms with Crippen molar-refractivity contribution in [3.63, 3.8) is 0 Å². The number of carbonyl (C=O) groups excluding carboxylic acids is 1. The van der Waals surface area contributed by atoms with Gasteiger partial charge >= 0.3 is 0 Å². The largest absolute Gasteiger partial charge is 0.405 e. The number of hydrogen-bond acceptors (Lipinski definition) is 10. The number of oxime groups is 1. The maximum atomic E-state index is 13.6. The Bertz CT molecular complexity index is 2470. The van der Waals surface area contributed by atoms with E-state index in [1.165, 1.54) is 6.33 Å². The van der Waals surface area contributed by atoms with Gasteiger partial charge in [0.2, 0.25) is 11.9 Å². The number of aromatic amines is 1. The summed E-state index contributed by atoms with van der Waals surface area (Å²) in [6.45, 7) is 20.7. The number of nitrogens with zero attached hydrogens (tertiary/aromatic N) is 4. The number of benzene rings is 4. The van der Waals surface area contributed by atoms with Crippen LogP contribution >= 0.6 is 0 Å². The molecule has 1 amide bonds. The Kier molecular flexibility index (Phi) is 14.0. The molecule has 13 nitrogen and oxygen atoms in total. The minimum atomic E-state index is -3.31. The molecule has 15 heteroatoms. The number of H-pyrrole nitrogens is 1. The number of imidazole rings is 1. The molecule has 0 unspecified atom stereocenters. The second kappa shape index (κ2) is 19.3. The van der Waals surface area contributed by atoms with Crippen LogP contribution in [0.4, 0.5) is 5.95 Å². The zero-order valence-electron chi connectivity index (χ0n) is 38.0. The predicted octanol–water partition coefficient (Wildman–Crippen LogP) is 6.15. The summed E-state index contributed by atoms with van der Waals surface area (Å²) in [7, 11) is -6.44. The van der Waals surface area contributed by atoms with Gasteiger partial charge in [-0.3, -0.25) is 24.5 Å². The fourth-order valence-corrected chi connectivity index (χ4v) is 18.2. The van der Waals surface area contributed by atoms with Crippen LogP contribution in [0.25, 0.3) is 11.2 Å². The third kappa shape index (κ3) is 9.05. The minimum absolute atomic E-state index is 0.00875. The standard InChI is InChI=1S/C49H60N6O7Si2/c1-34(2)44(56)53-47-52-43-40(45(57)54-47)51-33-55(43)46-42(58-30-31-59-50-9)41(62-64(49(6,7)8,37-26-18-12-19-27-37)38-28-20-13-21-29-38)39(61-46)32-60-63(48(3,4)5,35-22-14-10-15-23-35)36-24-16-11-17-25-36/h10-29,33-34,39,41-42,46H,9,30-32H2,1-8H3,(H2,52,53,54,56,57)/t39-,41-,42-,46-/m1/s1. The highest BCUT2D eigenvalue weighted by atomic mass is 28.4. The molecule has 4 aromatic carbocycles. The fraction of sp³-hybridized carbons (Fsp3) is 0.367. The first-order valence-corrected chi connectivity index (χ1v) is 25.6. The first-order valence-electron chi connectivity index (χ1n) is 21.8. The third-order valence-corrected chi connectivity index (χ3v) is 22.0. The Balaban J connectivity index is 1.44. The van der Waals surface area contributed by atoms with E-state index in [4.69, 9.17) is 28.1 Å². The highest BCUT2D eigenvalue weighted by Gasteiger charge is 2.58. The van der Waals surface area contributed by atoms with Crippen LogP contribution in [-0.4, -0.2) is 86.9 Å². The Morgan fingerprint density at radius 1 is 0.797 bits per heavy atom. The lowest BCUT2D eigenvalue weighted by Gasteiger charge is -2.46. The quantitative estimate of drug-likeness (QED) is 0.0476. The summed E-state index contributed by atoms with van der Waals surface area (Å²) in [5, 5.41) is 9.98. The summed E-state index contributed by atoms with van der Waals surface area (Å²) in [5.74, 6) is -0.669. The zero-order valence-corrected chi connectivity index (χ0v) is 40.0. The monoisotopic (exact) mass is 900 g/mol. The zero-order chi connectivity index (χ0) is 45.7. The van der Waals surface area contributed by atoms with E-state index in [0.717, 1.165) is 20.7 Å². The van der Waals surface area contributed by atoms with E-state index in [-0.39, 0.29) is 53.8 Å². The molecule has 2 aromatic heterocycles. The van der Waals surface area contributed by atoms with Crippen LogP contribution in [0, 0.1) is 5.92 Å². The van der Waals surface area contributed by atoms with Crippen LogP contribution in [0.3, 0.4) is 0 Å². The molecule has 1 aliphatic heterocycles. The van der Waals surface area contributed by atoms with Crippen molar-refractivity contribution in [1.82, 2.24) is 19.5 Å². The SMILES string of the molecule is C=NOCCO[C@@H]1[C@H](O[Si](c2ccccc2)(c2ccccc2)C(C)(C)C)[C@@H](CO[Si](c2ccccc2)(c2ccccc2)C(C)(C)C)O[C@H]1n1cnc2c(=O)[nH]c(NC(=O)C(C)C)nc21. The lowest BCUT2D eigenvalue weighted by molar-refractivity contribution is -0.118. The molecule has 7 rings (SSSR count). The van der Waals surface area contributed by atoms with Crippen molar-refractivity contribution in [2.45, 2.75) is 90.0 Å². The van der Waals surface area contributed by atoms with Gasteiger partial charge in [0.1, 0.15) is 24.9 Å². The van der Waals surface area contributed by atoms with Gasteiger partial charge in [0.25, 0.3) is 22.2 Å². The van der Waals surface area contributed by atoms with E-state index in [2.05, 4.69) is 166 Å². The second-order valence-electron chi connectivity index (χ2n) is 18.5. The molecule has 3 heterocycles. The van der Waals surface area contributed by atoms with Crippen molar-refractivity contribution in [3.8, 4) is 0 Å². The van der Waals surface area contributed by atoms with Crippen molar-refractivity contribution in [2.24, 2.45) is 11.1 Å². The first kappa shape index (κ1) is 46.4. The van der Waals surface area contributed by atoms with Crippen LogP contribution in [-0.2, 0) is 28.0 Å². The Morgan fingerprint density at radius 3 is 1.77 bits per heavy atom. The van der Waals surface area contributed by atoms with E-state index in [1.54, 1.807) is 18.4 Å². The smallest absolute Gasteiger partial charge is 0.280 e. The molecule has 0 spiro atoms. The summed E-state index contributed by atoms with van der Waals surface area (Å²) >= 11 is 0. The van der Waals surface area contributed by atoms with Crippen molar-refractivity contribution >= 4 is 67.1 Å². The van der Waals surface area contributed by atoms with Gasteiger partial charge in [-0.2, -0.15) is 4.98 Å². The molecule has 336 valence electrons. The Hall–Kier alpha value is -5.56. The van der Waals surface area contributed by atoms with Crippen LogP contribution in [0.15, 0.2) is 138 Å². The van der Waals surface area contributed by atoms with Crippen molar-refractivity contribution in [1.29, 1.82) is 0 Å². The number of nitrogens with one attached hydrogen (secondary N) is 2. The van der Waals surface area contributed by atoms with E-state index in [0.29, 0.717) is 0 Å². The summed E-state index contributed by atoms with van der Waals surface area (Å²) in [5.41, 5.74) is -0.251. The van der Waals surface area contributed by atoms with E-state index >= 15 is 0 Å². The number of rotatable bonds is 17. The first-order chi connectivity index (χ1) is 30.6. The lowest BCUT2D eigenvalue weighted by atomic mass is 10.1. The van der Waals surface area contributed by atoms with Crippen molar-refractivity contribution < 1.29 is 28.0 Å². The highest BCUT2D eigenvalue weighted by Crippen LogP contribution is 2.44. The number of hydrogen-bond donors (Lipinski definition) is 2. The highest BCUT2D eigenvalue weighted by molar-refractivity contribution is 7.00. The minimum Gasteiger partial charge on any atom is -0.405 e. The summed E-state index contributed by atoms with van der Waals surface area (Å²) in [6, 6.07) is 41.8. The summed E-state index contributed by atoms with van der Waals surface area (Å²) in [6.07, 6.45) is -1.77. The molecule has 0 bridgehead atoms. The van der Waals surface area contributed by atoms with Crippen LogP contribution in [0.5, 0.6) is 0 Å². The number of fused-ring (bicyclic) bond motifs is 1. The lowest BCUT2D eigenvalue weighted by Crippen LogP contribution is -2.70. The van der Waals surface area contributed by atoms with Gasteiger partial charge in [0, 0.05) is 12.6 Å². The van der Waals surface area contributed by atoms with Gasteiger partial charge < -0.3 is 23.2 Å². The molecule has 1 fully saturated rings. The maximum absolute atomic E-state index is 13.6. The number of anilines is 1. The van der Waals surface area contributed by atoms with Gasteiger partial charge in [0.15, 0.2) is 17.4 Å². The molecule has 4 atom stereocenters. The molecule has 64 heavy (non-hydrogen) atoms. The molecule has 0 saturated carbocycles. The third-order valence-electron chi connectivity index (χ3n) is 11.9. The molecular weight excluding hydrogens is 841 g/mol. The van der Waals surface area contributed by atoms with Gasteiger partial charge in [-0.25, -0.2) is 4.98 Å². The van der Waals surface area contributed by atoms with Crippen molar-refractivity contribution in [2.75, 3.05) is 25.1 Å². The second-order valence-corrected chi connectivity index (χ2v) is 27.0. The molecule has 1 aliphatic rings. The molecule has 1 saturated heterocycles. The number of amides is 1. The Labute approximate surface area is 377 Å². The van der Waals surface area contributed by atoms with Crippen molar-refractivity contribution in [3.05, 3.63) is 138 Å². The van der Waals surface area contributed by atoms with E-state index < -0.39 is 51.8 Å². The maximum Gasteiger partial charge on any atom is 0.280 e. The summed E-state index contributed by atoms with van der Waals surface area (Å²) in [4.78, 5) is 43.7. The van der Waals surface area contributed by atoms with E-state index in [9.17, 15) is 9.59 Å². The number of carbonyl (C=O) groups is 1. The van der Waals surface area contributed by atoms with Gasteiger partial charge in [-0.05, 0) is 30.8 Å².